The summed E-state index contributed by atoms with van der Waals surface area (Å²) in [6, 6.07) is 4.05. The van der Waals surface area contributed by atoms with Gasteiger partial charge >= 0.3 is 0 Å². The van der Waals surface area contributed by atoms with E-state index in [1.54, 1.807) is 6.08 Å². The Morgan fingerprint density at radius 2 is 1.96 bits per heavy atom. The Hall–Kier alpha value is -1.94. The highest BCUT2D eigenvalue weighted by Crippen LogP contribution is 2.16. The zero-order valence-corrected chi connectivity index (χ0v) is 13.6. The van der Waals surface area contributed by atoms with E-state index in [-0.39, 0.29) is 4.90 Å². The molecule has 2 atom stereocenters. The fraction of sp³-hybridized carbons (Fsp3) is 0.357. The number of carbonyl (C=O) groups excluding carboxylic acids is 1. The van der Waals surface area contributed by atoms with Crippen LogP contribution in [0.15, 0.2) is 41.3 Å². The zero-order valence-electron chi connectivity index (χ0n) is 12.8. The summed E-state index contributed by atoms with van der Waals surface area (Å²) in [5, 5.41) is 18.1. The molecule has 23 heavy (non-hydrogen) atoms. The molecule has 1 aromatic rings. The summed E-state index contributed by atoms with van der Waals surface area (Å²) in [5.41, 5.74) is 1.31. The Bertz CT molecular complexity index is 640. The molecule has 1 amide bonds. The molecule has 4 N–H and O–H groups in total. The number of hydrogen-bond donors (Lipinski definition) is 4. The summed E-state index contributed by atoms with van der Waals surface area (Å²) in [5.74, 6) is -0.572. The Morgan fingerprint density at radius 1 is 1.35 bits per heavy atom. The molecule has 0 aliphatic heterocycles. The van der Waals surface area contributed by atoms with E-state index in [0.717, 1.165) is 0 Å². The smallest absolute Gasteiger partial charge is 0.264 e. The van der Waals surface area contributed by atoms with E-state index in [4.69, 9.17) is 9.94 Å². The van der Waals surface area contributed by atoms with Gasteiger partial charge in [0.05, 0.1) is 11.0 Å². The van der Waals surface area contributed by atoms with E-state index in [0.29, 0.717) is 12.4 Å². The third-order valence-electron chi connectivity index (χ3n) is 2.87. The van der Waals surface area contributed by atoms with E-state index in [1.165, 1.54) is 36.7 Å². The van der Waals surface area contributed by atoms with Crippen LogP contribution in [0.25, 0.3) is 0 Å². The van der Waals surface area contributed by atoms with Crippen molar-refractivity contribution in [2.45, 2.75) is 30.9 Å². The zero-order chi connectivity index (χ0) is 17.5. The van der Waals surface area contributed by atoms with Gasteiger partial charge in [-0.25, -0.2) is 13.9 Å². The minimum Gasteiger partial charge on any atom is -0.490 e. The maximum atomic E-state index is 12.2. The highest BCUT2D eigenvalue weighted by molar-refractivity contribution is 7.89. The summed E-state index contributed by atoms with van der Waals surface area (Å²) >= 11 is 0. The molecule has 0 heterocycles. The van der Waals surface area contributed by atoms with Crippen molar-refractivity contribution in [2.24, 2.45) is 0 Å². The molecule has 0 saturated carbocycles. The van der Waals surface area contributed by atoms with E-state index >= 15 is 0 Å². The second kappa shape index (κ2) is 8.63. The first kappa shape index (κ1) is 19.1. The van der Waals surface area contributed by atoms with Gasteiger partial charge in [0.2, 0.25) is 10.0 Å². The average molecular weight is 344 g/mol. The van der Waals surface area contributed by atoms with Crippen LogP contribution in [0.5, 0.6) is 5.75 Å². The van der Waals surface area contributed by atoms with Crippen LogP contribution in [0.1, 0.15) is 13.8 Å². The SMILES string of the molecule is CC=CCOc1ccc(S(=O)(=O)N[C@@H](C(=O)NO)[C@H](C)O)cc1. The molecule has 0 bridgehead atoms. The molecular weight excluding hydrogens is 324 g/mol. The van der Waals surface area contributed by atoms with Gasteiger partial charge in [0.15, 0.2) is 0 Å². The number of hydrogen-bond acceptors (Lipinski definition) is 6. The van der Waals surface area contributed by atoms with Gasteiger partial charge < -0.3 is 9.84 Å². The highest BCUT2D eigenvalue weighted by atomic mass is 32.2. The fourth-order valence-electron chi connectivity index (χ4n) is 1.63. The van der Waals surface area contributed by atoms with Gasteiger partial charge in [-0.2, -0.15) is 4.72 Å². The first-order chi connectivity index (χ1) is 10.8. The quantitative estimate of drug-likeness (QED) is 0.303. The van der Waals surface area contributed by atoms with Gasteiger partial charge in [-0.1, -0.05) is 12.2 Å². The minimum absolute atomic E-state index is 0.104. The van der Waals surface area contributed by atoms with Gasteiger partial charge in [0, 0.05) is 0 Å². The molecule has 0 aromatic heterocycles. The predicted molar refractivity (Wildman–Crippen MR) is 82.5 cm³/mol. The van der Waals surface area contributed by atoms with Crippen molar-refractivity contribution < 1.29 is 28.3 Å². The van der Waals surface area contributed by atoms with Crippen LogP contribution in [-0.2, 0) is 14.8 Å². The number of amides is 1. The molecule has 0 fully saturated rings. The Kier molecular flexibility index (Phi) is 7.17. The van der Waals surface area contributed by atoms with Gasteiger partial charge in [-0.3, -0.25) is 10.0 Å². The van der Waals surface area contributed by atoms with Crippen molar-refractivity contribution in [3.8, 4) is 5.75 Å². The summed E-state index contributed by atoms with van der Waals surface area (Å²) in [6.45, 7) is 3.44. The Morgan fingerprint density at radius 3 is 2.43 bits per heavy atom. The number of hydroxylamine groups is 1. The van der Waals surface area contributed by atoms with Gasteiger partial charge in [-0.05, 0) is 38.1 Å². The number of aliphatic hydroxyl groups excluding tert-OH is 1. The maximum absolute atomic E-state index is 12.2. The van der Waals surface area contributed by atoms with E-state index in [2.05, 4.69) is 0 Å². The molecule has 0 radical (unpaired) electrons. The molecule has 0 spiro atoms. The molecule has 0 aliphatic rings. The van der Waals surface area contributed by atoms with Crippen LogP contribution in [0.3, 0.4) is 0 Å². The summed E-state index contributed by atoms with van der Waals surface area (Å²) in [7, 11) is -4.05. The van der Waals surface area contributed by atoms with Crippen LogP contribution in [0.2, 0.25) is 0 Å². The lowest BCUT2D eigenvalue weighted by molar-refractivity contribution is -0.133. The van der Waals surface area contributed by atoms with Gasteiger partial charge in [-0.15, -0.1) is 0 Å². The average Bonchev–Trinajstić information content (AvgIpc) is 2.52. The number of carbonyl (C=O) groups is 1. The number of sulfonamides is 1. The van der Waals surface area contributed by atoms with E-state index in [9.17, 15) is 18.3 Å². The van der Waals surface area contributed by atoms with Crippen LogP contribution in [-0.4, -0.2) is 43.4 Å². The lowest BCUT2D eigenvalue weighted by atomic mass is 10.2. The number of nitrogens with one attached hydrogen (secondary N) is 2. The number of benzene rings is 1. The molecule has 9 heteroatoms. The third kappa shape index (κ3) is 5.64. The fourth-order valence-corrected chi connectivity index (χ4v) is 2.90. The first-order valence-electron chi connectivity index (χ1n) is 6.80. The highest BCUT2D eigenvalue weighted by Gasteiger charge is 2.29. The van der Waals surface area contributed by atoms with Crippen LogP contribution < -0.4 is 14.9 Å². The predicted octanol–water partition coefficient (Wildman–Crippen LogP) is 0.175. The summed E-state index contributed by atoms with van der Waals surface area (Å²) < 4.78 is 31.8. The Labute approximate surface area is 134 Å². The van der Waals surface area contributed by atoms with E-state index < -0.39 is 28.1 Å². The van der Waals surface area contributed by atoms with Crippen molar-refractivity contribution in [2.75, 3.05) is 6.61 Å². The molecule has 0 aliphatic carbocycles. The largest absolute Gasteiger partial charge is 0.490 e. The first-order valence-corrected chi connectivity index (χ1v) is 8.28. The molecule has 1 aromatic carbocycles. The number of aliphatic hydroxyl groups is 1. The monoisotopic (exact) mass is 344 g/mol. The molecule has 1 rings (SSSR count). The second-order valence-corrected chi connectivity index (χ2v) is 6.38. The lowest BCUT2D eigenvalue weighted by Crippen LogP contribution is -2.51. The van der Waals surface area contributed by atoms with Crippen molar-refractivity contribution >= 4 is 15.9 Å². The van der Waals surface area contributed by atoms with Gasteiger partial charge in [0.25, 0.3) is 5.91 Å². The maximum Gasteiger partial charge on any atom is 0.264 e. The van der Waals surface area contributed by atoms with E-state index in [1.807, 2.05) is 17.7 Å². The molecule has 8 nitrogen and oxygen atoms in total. The van der Waals surface area contributed by atoms with Gasteiger partial charge in [0.1, 0.15) is 18.4 Å². The molecule has 0 unspecified atom stereocenters. The summed E-state index contributed by atoms with van der Waals surface area (Å²) in [4.78, 5) is 11.3. The van der Waals surface area contributed by atoms with Crippen molar-refractivity contribution in [1.82, 2.24) is 10.2 Å². The molecule has 0 saturated heterocycles. The topological polar surface area (TPSA) is 125 Å². The summed E-state index contributed by atoms with van der Waals surface area (Å²) in [6.07, 6.45) is 2.29. The molecular formula is C14H20N2O6S. The van der Waals surface area contributed by atoms with Crippen molar-refractivity contribution in [1.29, 1.82) is 0 Å². The number of ether oxygens (including phenoxy) is 1. The minimum atomic E-state index is -4.05. The van der Waals surface area contributed by atoms with Crippen LogP contribution >= 0.6 is 0 Å². The Balaban J connectivity index is 2.88. The van der Waals surface area contributed by atoms with Crippen LogP contribution in [0, 0.1) is 0 Å². The lowest BCUT2D eigenvalue weighted by Gasteiger charge is -2.19. The number of allylic oxidation sites excluding steroid dienone is 1. The van der Waals surface area contributed by atoms with Crippen LogP contribution in [0.4, 0.5) is 0 Å². The number of rotatable bonds is 8. The normalized spacial score (nSPS) is 14.4. The van der Waals surface area contributed by atoms with Crippen molar-refractivity contribution in [3.05, 3.63) is 36.4 Å². The second-order valence-electron chi connectivity index (χ2n) is 4.67. The standard InChI is InChI=1S/C14H20N2O6S/c1-3-4-9-22-11-5-7-12(8-6-11)23(20,21)16-13(10(2)17)14(18)15-19/h3-8,10,13,16-17,19H,9H2,1-2H3,(H,15,18)/t10-,13+/m0/s1. The molecule has 128 valence electrons. The van der Waals surface area contributed by atoms with Crippen molar-refractivity contribution in [3.63, 3.8) is 0 Å². The third-order valence-corrected chi connectivity index (χ3v) is 4.33.